The van der Waals surface area contributed by atoms with Crippen LogP contribution in [0.2, 0.25) is 0 Å². The van der Waals surface area contributed by atoms with Crippen LogP contribution >= 0.6 is 0 Å². The van der Waals surface area contributed by atoms with Crippen LogP contribution in [0.3, 0.4) is 0 Å². The Hall–Kier alpha value is -1.44. The van der Waals surface area contributed by atoms with Gasteiger partial charge in [-0.25, -0.2) is 0 Å². The van der Waals surface area contributed by atoms with E-state index in [-0.39, 0.29) is 0 Å². The second-order valence-corrected chi connectivity index (χ2v) is 2.51. The first-order valence-electron chi connectivity index (χ1n) is 3.99. The summed E-state index contributed by atoms with van der Waals surface area (Å²) in [5, 5.41) is 0. The second-order valence-electron chi connectivity index (χ2n) is 2.51. The van der Waals surface area contributed by atoms with E-state index in [4.69, 9.17) is 9.47 Å². The molecule has 2 heteroatoms. The molecule has 0 aliphatic carbocycles. The molecule has 0 unspecified atom stereocenters. The highest BCUT2D eigenvalue weighted by molar-refractivity contribution is 5.59. The van der Waals surface area contributed by atoms with Crippen molar-refractivity contribution in [2.75, 3.05) is 14.2 Å². The number of allylic oxidation sites excluding steroid dienone is 1. The standard InChI is InChI=1S/C11H13O2/c1-4-5-9-8-10(12-2)6-7-11(9)13-3/h4-8H,1H2,2-3H3/b5-4+. The largest absolute Gasteiger partial charge is 0.497 e. The summed E-state index contributed by atoms with van der Waals surface area (Å²) in [5.41, 5.74) is 0.969. The number of hydrogen-bond acceptors (Lipinski definition) is 2. The maximum Gasteiger partial charge on any atom is 0.126 e. The molecule has 0 spiro atoms. The fourth-order valence-electron chi connectivity index (χ4n) is 1.10. The minimum absolute atomic E-state index is 0.814. The van der Waals surface area contributed by atoms with Gasteiger partial charge in [-0.15, -0.1) is 0 Å². The summed E-state index contributed by atoms with van der Waals surface area (Å²) in [7, 11) is 3.28. The third kappa shape index (κ3) is 2.25. The lowest BCUT2D eigenvalue weighted by atomic mass is 10.2. The number of ether oxygens (including phenoxy) is 2. The average Bonchev–Trinajstić information content (AvgIpc) is 2.18. The van der Waals surface area contributed by atoms with E-state index in [0.717, 1.165) is 17.1 Å². The molecule has 1 aromatic carbocycles. The molecule has 0 N–H and O–H groups in total. The lowest BCUT2D eigenvalue weighted by Gasteiger charge is -2.06. The number of hydrogen-bond donors (Lipinski definition) is 0. The molecule has 69 valence electrons. The highest BCUT2D eigenvalue weighted by atomic mass is 16.5. The van der Waals surface area contributed by atoms with Crippen molar-refractivity contribution < 1.29 is 9.47 Å². The highest BCUT2D eigenvalue weighted by Gasteiger charge is 2.00. The maximum atomic E-state index is 5.16. The molecule has 0 aliphatic heterocycles. The smallest absolute Gasteiger partial charge is 0.126 e. The molecule has 0 aliphatic rings. The summed E-state index contributed by atoms with van der Waals surface area (Å²) in [5.74, 6) is 1.63. The third-order valence-corrected chi connectivity index (χ3v) is 1.73. The lowest BCUT2D eigenvalue weighted by molar-refractivity contribution is 0.402. The van der Waals surface area contributed by atoms with E-state index in [2.05, 4.69) is 6.92 Å². The molecule has 0 fully saturated rings. The Balaban J connectivity index is 3.09. The van der Waals surface area contributed by atoms with Crippen LogP contribution in [0.25, 0.3) is 6.08 Å². The van der Waals surface area contributed by atoms with Crippen LogP contribution in [-0.4, -0.2) is 14.2 Å². The molecule has 0 atom stereocenters. The zero-order chi connectivity index (χ0) is 9.68. The summed E-state index contributed by atoms with van der Waals surface area (Å²) in [4.78, 5) is 0. The van der Waals surface area contributed by atoms with Gasteiger partial charge in [-0.3, -0.25) is 0 Å². The normalized spacial score (nSPS) is 10.4. The van der Waals surface area contributed by atoms with Crippen molar-refractivity contribution >= 4 is 6.08 Å². The van der Waals surface area contributed by atoms with E-state index in [0.29, 0.717) is 0 Å². The quantitative estimate of drug-likeness (QED) is 0.706. The zero-order valence-corrected chi connectivity index (χ0v) is 7.91. The molecule has 0 saturated heterocycles. The van der Waals surface area contributed by atoms with Gasteiger partial charge < -0.3 is 9.47 Å². The van der Waals surface area contributed by atoms with Gasteiger partial charge in [-0.2, -0.15) is 0 Å². The Labute approximate surface area is 78.8 Å². The average molecular weight is 177 g/mol. The van der Waals surface area contributed by atoms with E-state index in [1.165, 1.54) is 0 Å². The summed E-state index contributed by atoms with van der Waals surface area (Å²) in [6.07, 6.45) is 3.60. The molecule has 0 amide bonds. The van der Waals surface area contributed by atoms with Crippen LogP contribution in [0.1, 0.15) is 5.56 Å². The number of methoxy groups -OCH3 is 2. The SMILES string of the molecule is [CH2]/C=C/c1cc(OC)ccc1OC. The Kier molecular flexibility index (Phi) is 3.38. The van der Waals surface area contributed by atoms with Crippen LogP contribution < -0.4 is 9.47 Å². The van der Waals surface area contributed by atoms with Gasteiger partial charge >= 0.3 is 0 Å². The van der Waals surface area contributed by atoms with Gasteiger partial charge in [-0.1, -0.05) is 12.2 Å². The predicted octanol–water partition coefficient (Wildman–Crippen LogP) is 2.55. The molecule has 0 aromatic heterocycles. The monoisotopic (exact) mass is 177 g/mol. The van der Waals surface area contributed by atoms with Crippen molar-refractivity contribution in [3.63, 3.8) is 0 Å². The summed E-state index contributed by atoms with van der Waals surface area (Å²) < 4.78 is 10.3. The van der Waals surface area contributed by atoms with Crippen LogP contribution in [-0.2, 0) is 0 Å². The number of benzene rings is 1. The Bertz CT molecular complexity index is 303. The van der Waals surface area contributed by atoms with Crippen molar-refractivity contribution in [1.29, 1.82) is 0 Å². The van der Waals surface area contributed by atoms with Gasteiger partial charge in [0.1, 0.15) is 11.5 Å². The number of rotatable bonds is 3. The Morgan fingerprint density at radius 1 is 1.23 bits per heavy atom. The van der Waals surface area contributed by atoms with Crippen molar-refractivity contribution in [1.82, 2.24) is 0 Å². The van der Waals surface area contributed by atoms with Crippen molar-refractivity contribution in [2.24, 2.45) is 0 Å². The molecular weight excluding hydrogens is 164 g/mol. The van der Waals surface area contributed by atoms with Crippen molar-refractivity contribution in [3.8, 4) is 11.5 Å². The third-order valence-electron chi connectivity index (χ3n) is 1.73. The first-order chi connectivity index (χ1) is 6.31. The van der Waals surface area contributed by atoms with Gasteiger partial charge in [0, 0.05) is 5.56 Å². The molecule has 2 nitrogen and oxygen atoms in total. The van der Waals surface area contributed by atoms with Gasteiger partial charge in [0.25, 0.3) is 0 Å². The van der Waals surface area contributed by atoms with Gasteiger partial charge in [0.2, 0.25) is 0 Å². The fourth-order valence-corrected chi connectivity index (χ4v) is 1.10. The first kappa shape index (κ1) is 9.65. The molecular formula is C11H13O2. The fraction of sp³-hybridized carbons (Fsp3) is 0.182. The molecule has 0 saturated carbocycles. The van der Waals surface area contributed by atoms with E-state index < -0.39 is 0 Å². The minimum atomic E-state index is 0.814. The van der Waals surface area contributed by atoms with E-state index in [1.807, 2.05) is 24.3 Å². The van der Waals surface area contributed by atoms with Crippen molar-refractivity contribution in [3.05, 3.63) is 36.8 Å². The summed E-state index contributed by atoms with van der Waals surface area (Å²) in [6, 6.07) is 5.63. The van der Waals surface area contributed by atoms with Crippen LogP contribution in [0, 0.1) is 6.92 Å². The van der Waals surface area contributed by atoms with E-state index in [9.17, 15) is 0 Å². The zero-order valence-electron chi connectivity index (χ0n) is 7.91. The highest BCUT2D eigenvalue weighted by Crippen LogP contribution is 2.24. The summed E-state index contributed by atoms with van der Waals surface area (Å²) >= 11 is 0. The minimum Gasteiger partial charge on any atom is -0.497 e. The predicted molar refractivity (Wildman–Crippen MR) is 53.9 cm³/mol. The maximum absolute atomic E-state index is 5.16. The second kappa shape index (κ2) is 4.55. The molecule has 0 bridgehead atoms. The molecule has 13 heavy (non-hydrogen) atoms. The molecule has 1 rings (SSSR count). The lowest BCUT2D eigenvalue weighted by Crippen LogP contribution is -1.88. The van der Waals surface area contributed by atoms with Crippen LogP contribution in [0.5, 0.6) is 11.5 Å². The van der Waals surface area contributed by atoms with Crippen molar-refractivity contribution in [2.45, 2.75) is 0 Å². The molecule has 1 radical (unpaired) electrons. The Morgan fingerprint density at radius 2 is 2.00 bits per heavy atom. The van der Waals surface area contributed by atoms with Crippen LogP contribution in [0.15, 0.2) is 24.3 Å². The first-order valence-corrected chi connectivity index (χ1v) is 3.99. The topological polar surface area (TPSA) is 18.5 Å². The summed E-state index contributed by atoms with van der Waals surface area (Å²) in [6.45, 7) is 3.63. The molecule has 1 aromatic rings. The van der Waals surface area contributed by atoms with E-state index >= 15 is 0 Å². The van der Waals surface area contributed by atoms with Gasteiger partial charge in [-0.05, 0) is 25.1 Å². The molecule has 0 heterocycles. The van der Waals surface area contributed by atoms with Gasteiger partial charge in [0.05, 0.1) is 14.2 Å². The van der Waals surface area contributed by atoms with Crippen LogP contribution in [0.4, 0.5) is 0 Å². The van der Waals surface area contributed by atoms with E-state index in [1.54, 1.807) is 20.3 Å². The Morgan fingerprint density at radius 3 is 2.54 bits per heavy atom. The van der Waals surface area contributed by atoms with Gasteiger partial charge in [0.15, 0.2) is 0 Å².